The van der Waals surface area contributed by atoms with Crippen molar-refractivity contribution in [3.05, 3.63) is 48.0 Å². The Morgan fingerprint density at radius 2 is 1.79 bits per heavy atom. The summed E-state index contributed by atoms with van der Waals surface area (Å²) in [5.41, 5.74) is 1.17. The second-order valence-corrected chi connectivity index (χ2v) is 9.31. The summed E-state index contributed by atoms with van der Waals surface area (Å²) in [7, 11) is -3.53. The summed E-state index contributed by atoms with van der Waals surface area (Å²) in [5.74, 6) is 1.97. The van der Waals surface area contributed by atoms with Gasteiger partial charge in [-0.25, -0.2) is 8.42 Å². The van der Waals surface area contributed by atoms with Crippen LogP contribution < -0.4 is 19.1 Å². The number of hydrogen-bond acceptors (Lipinski definition) is 5. The molecule has 0 bridgehead atoms. The van der Waals surface area contributed by atoms with Gasteiger partial charge in [0.25, 0.3) is 0 Å². The first kappa shape index (κ1) is 20.0. The number of quaternary nitrogens is 1. The molecule has 0 amide bonds. The maximum Gasteiger partial charge on any atom is 0.243 e. The quantitative estimate of drug-likeness (QED) is 0.748. The van der Waals surface area contributed by atoms with Gasteiger partial charge >= 0.3 is 0 Å². The molecule has 2 aromatic rings. The van der Waals surface area contributed by atoms with Crippen LogP contribution in [0.3, 0.4) is 0 Å². The van der Waals surface area contributed by atoms with E-state index in [9.17, 15) is 8.42 Å². The summed E-state index contributed by atoms with van der Waals surface area (Å²) in [6.45, 7) is 6.95. The van der Waals surface area contributed by atoms with Crippen LogP contribution in [0.4, 0.5) is 0 Å². The molecule has 156 valence electrons. The van der Waals surface area contributed by atoms with Gasteiger partial charge in [0.15, 0.2) is 11.5 Å². The molecule has 7 nitrogen and oxygen atoms in total. The van der Waals surface area contributed by atoms with Crippen molar-refractivity contribution in [1.82, 2.24) is 4.31 Å². The van der Waals surface area contributed by atoms with Crippen LogP contribution in [0.5, 0.6) is 17.2 Å². The number of piperazine rings is 1. The van der Waals surface area contributed by atoms with Gasteiger partial charge in [0.05, 0.1) is 31.1 Å². The summed E-state index contributed by atoms with van der Waals surface area (Å²) < 4.78 is 44.4. The third kappa shape index (κ3) is 4.66. The molecule has 0 aliphatic carbocycles. The molecule has 0 saturated carbocycles. The number of aryl methyl sites for hydroxylation is 1. The van der Waals surface area contributed by atoms with Crippen LogP contribution in [0.1, 0.15) is 5.56 Å². The normalized spacial score (nSPS) is 17.8. The number of fused-ring (bicyclic) bond motifs is 1. The predicted molar refractivity (Wildman–Crippen MR) is 108 cm³/mol. The predicted octanol–water partition coefficient (Wildman–Crippen LogP) is 0.734. The van der Waals surface area contributed by atoms with Gasteiger partial charge in [0, 0.05) is 6.07 Å². The smallest absolute Gasteiger partial charge is 0.243 e. The highest BCUT2D eigenvalue weighted by Crippen LogP contribution is 2.33. The Kier molecular flexibility index (Phi) is 5.94. The number of rotatable bonds is 6. The molecular formula is C21H27N2O5S+. The zero-order valence-corrected chi connectivity index (χ0v) is 17.4. The van der Waals surface area contributed by atoms with Gasteiger partial charge in [-0.3, -0.25) is 0 Å². The highest BCUT2D eigenvalue weighted by atomic mass is 32.2. The van der Waals surface area contributed by atoms with Crippen molar-refractivity contribution in [3.63, 3.8) is 0 Å². The number of hydrogen-bond donors (Lipinski definition) is 1. The third-order valence-corrected chi connectivity index (χ3v) is 7.19. The molecule has 29 heavy (non-hydrogen) atoms. The van der Waals surface area contributed by atoms with Crippen LogP contribution in [0, 0.1) is 6.92 Å². The fourth-order valence-electron chi connectivity index (χ4n) is 3.64. The Morgan fingerprint density at radius 1 is 1.03 bits per heavy atom. The fourth-order valence-corrected chi connectivity index (χ4v) is 5.10. The Balaban J connectivity index is 1.30. The molecule has 0 radical (unpaired) electrons. The van der Waals surface area contributed by atoms with E-state index >= 15 is 0 Å². The van der Waals surface area contributed by atoms with Crippen molar-refractivity contribution in [2.24, 2.45) is 0 Å². The van der Waals surface area contributed by atoms with E-state index in [1.165, 1.54) is 10.5 Å². The van der Waals surface area contributed by atoms with Crippen molar-refractivity contribution in [2.45, 2.75) is 11.8 Å². The van der Waals surface area contributed by atoms with E-state index in [-0.39, 0.29) is 4.90 Å². The van der Waals surface area contributed by atoms with Gasteiger partial charge in [0.1, 0.15) is 32.1 Å². The SMILES string of the molecule is Cc1cccc(OCC[NH+]2CCN(S(=O)(=O)c3ccc4c(c3)OCCO4)CC2)c1. The highest BCUT2D eigenvalue weighted by Gasteiger charge is 2.31. The molecule has 2 aliphatic heterocycles. The first-order valence-electron chi connectivity index (χ1n) is 9.95. The van der Waals surface area contributed by atoms with Gasteiger partial charge < -0.3 is 19.1 Å². The molecule has 0 spiro atoms. The lowest BCUT2D eigenvalue weighted by molar-refractivity contribution is -0.903. The molecule has 1 saturated heterocycles. The van der Waals surface area contributed by atoms with Crippen LogP contribution in [-0.2, 0) is 10.0 Å². The number of benzene rings is 2. The number of ether oxygens (including phenoxy) is 3. The Hall–Kier alpha value is -2.29. The van der Waals surface area contributed by atoms with E-state index in [0.717, 1.165) is 25.4 Å². The minimum atomic E-state index is -3.53. The maximum atomic E-state index is 13.0. The summed E-state index contributed by atoms with van der Waals surface area (Å²) >= 11 is 0. The number of sulfonamides is 1. The minimum absolute atomic E-state index is 0.257. The molecule has 2 heterocycles. The van der Waals surface area contributed by atoms with E-state index in [1.54, 1.807) is 22.5 Å². The molecule has 8 heteroatoms. The highest BCUT2D eigenvalue weighted by molar-refractivity contribution is 7.89. The van der Waals surface area contributed by atoms with E-state index in [2.05, 4.69) is 0 Å². The lowest BCUT2D eigenvalue weighted by atomic mass is 10.2. The average Bonchev–Trinajstić information content (AvgIpc) is 2.74. The second-order valence-electron chi connectivity index (χ2n) is 7.37. The zero-order chi connectivity index (χ0) is 20.3. The summed E-state index contributed by atoms with van der Waals surface area (Å²) in [6.07, 6.45) is 0. The first-order valence-corrected chi connectivity index (χ1v) is 11.4. The topological polar surface area (TPSA) is 69.5 Å². The number of nitrogens with zero attached hydrogens (tertiary/aromatic N) is 1. The molecule has 1 N–H and O–H groups in total. The summed E-state index contributed by atoms with van der Waals surface area (Å²) in [6, 6.07) is 12.8. The van der Waals surface area contributed by atoms with Crippen molar-refractivity contribution in [2.75, 3.05) is 52.5 Å². The zero-order valence-electron chi connectivity index (χ0n) is 16.6. The molecule has 2 aliphatic rings. The van der Waals surface area contributed by atoms with Gasteiger partial charge in [-0.2, -0.15) is 4.31 Å². The Bertz CT molecular complexity index is 955. The van der Waals surface area contributed by atoms with Crippen molar-refractivity contribution in [3.8, 4) is 17.2 Å². The first-order chi connectivity index (χ1) is 14.0. The van der Waals surface area contributed by atoms with E-state index in [0.29, 0.717) is 44.4 Å². The van der Waals surface area contributed by atoms with Crippen molar-refractivity contribution >= 4 is 10.0 Å². The molecule has 0 aromatic heterocycles. The number of nitrogens with one attached hydrogen (secondary N) is 1. The largest absolute Gasteiger partial charge is 0.488 e. The minimum Gasteiger partial charge on any atom is -0.488 e. The van der Waals surface area contributed by atoms with Crippen LogP contribution in [0.15, 0.2) is 47.4 Å². The van der Waals surface area contributed by atoms with Crippen LogP contribution in [-0.4, -0.2) is 65.3 Å². The van der Waals surface area contributed by atoms with E-state index in [1.807, 2.05) is 31.2 Å². The van der Waals surface area contributed by atoms with Gasteiger partial charge in [-0.15, -0.1) is 0 Å². The maximum absolute atomic E-state index is 13.0. The second kappa shape index (κ2) is 8.61. The lowest BCUT2D eigenvalue weighted by Crippen LogP contribution is -3.15. The van der Waals surface area contributed by atoms with Crippen LogP contribution >= 0.6 is 0 Å². The monoisotopic (exact) mass is 419 g/mol. The molecule has 0 atom stereocenters. The molecule has 0 unspecified atom stereocenters. The average molecular weight is 420 g/mol. The van der Waals surface area contributed by atoms with Crippen molar-refractivity contribution < 1.29 is 27.5 Å². The van der Waals surface area contributed by atoms with Crippen molar-refractivity contribution in [1.29, 1.82) is 0 Å². The van der Waals surface area contributed by atoms with Crippen LogP contribution in [0.2, 0.25) is 0 Å². The summed E-state index contributed by atoms with van der Waals surface area (Å²) in [4.78, 5) is 1.61. The lowest BCUT2D eigenvalue weighted by Gasteiger charge is -2.31. The molecule has 2 aromatic carbocycles. The Labute approximate surface area is 171 Å². The van der Waals surface area contributed by atoms with E-state index in [4.69, 9.17) is 14.2 Å². The third-order valence-electron chi connectivity index (χ3n) is 5.29. The van der Waals surface area contributed by atoms with Crippen LogP contribution in [0.25, 0.3) is 0 Å². The van der Waals surface area contributed by atoms with Gasteiger partial charge in [0.2, 0.25) is 10.0 Å². The van der Waals surface area contributed by atoms with Gasteiger partial charge in [-0.1, -0.05) is 12.1 Å². The Morgan fingerprint density at radius 3 is 2.55 bits per heavy atom. The van der Waals surface area contributed by atoms with Gasteiger partial charge in [-0.05, 0) is 36.8 Å². The molecule has 4 rings (SSSR count). The standard InChI is InChI=1S/C21H26N2O5S/c1-17-3-2-4-18(15-17)26-12-11-22-7-9-23(10-8-22)29(24,25)19-5-6-20-21(16-19)28-14-13-27-20/h2-6,15-16H,7-14H2,1H3/p+1. The molecule has 1 fully saturated rings. The van der Waals surface area contributed by atoms with E-state index < -0.39 is 10.0 Å². The fraction of sp³-hybridized carbons (Fsp3) is 0.429. The molecular weight excluding hydrogens is 392 g/mol. The summed E-state index contributed by atoms with van der Waals surface area (Å²) in [5, 5.41) is 0.